The number of carbonyl (C=O) groups excluding carboxylic acids is 2. The largest absolute Gasteiger partial charge is 0.460 e. The van der Waals surface area contributed by atoms with Gasteiger partial charge in [0, 0.05) is 12.1 Å². The number of esters is 1. The summed E-state index contributed by atoms with van der Waals surface area (Å²) in [5.74, 6) is -0.428. The average Bonchev–Trinajstić information content (AvgIpc) is 2.62. The van der Waals surface area contributed by atoms with Crippen LogP contribution < -0.4 is 5.32 Å². The van der Waals surface area contributed by atoms with E-state index >= 15 is 0 Å². The van der Waals surface area contributed by atoms with Crippen LogP contribution in [0.5, 0.6) is 0 Å². The van der Waals surface area contributed by atoms with Crippen molar-refractivity contribution in [1.29, 1.82) is 0 Å². The highest BCUT2D eigenvalue weighted by atomic mass is 16.6. The summed E-state index contributed by atoms with van der Waals surface area (Å²) in [6, 6.07) is 0. The summed E-state index contributed by atoms with van der Waals surface area (Å²) in [5, 5.41) is 2.62. The predicted octanol–water partition coefficient (Wildman–Crippen LogP) is 4.16. The first-order valence-electron chi connectivity index (χ1n) is 9.49. The van der Waals surface area contributed by atoms with E-state index in [4.69, 9.17) is 14.2 Å². The molecule has 0 aromatic carbocycles. The van der Waals surface area contributed by atoms with Gasteiger partial charge in [0.15, 0.2) is 0 Å². The Labute approximate surface area is 158 Å². The lowest BCUT2D eigenvalue weighted by molar-refractivity contribution is -0.140. The molecule has 1 N–H and O–H groups in total. The first-order chi connectivity index (χ1) is 12.6. The molecule has 0 fully saturated rings. The second kappa shape index (κ2) is 18.0. The number of hydrogen-bond donors (Lipinski definition) is 1. The number of carbonyl (C=O) groups is 2. The molecule has 0 radical (unpaired) electrons. The van der Waals surface area contributed by atoms with Crippen molar-refractivity contribution in [2.24, 2.45) is 0 Å². The lowest BCUT2D eigenvalue weighted by Crippen LogP contribution is -2.28. The number of unbranched alkanes of at least 4 members (excludes halogenated alkanes) is 7. The van der Waals surface area contributed by atoms with E-state index in [1.807, 2.05) is 6.08 Å². The maximum atomic E-state index is 11.5. The summed E-state index contributed by atoms with van der Waals surface area (Å²) >= 11 is 0. The van der Waals surface area contributed by atoms with Crippen LogP contribution in [0.25, 0.3) is 0 Å². The monoisotopic (exact) mass is 369 g/mol. The minimum absolute atomic E-state index is 0.171. The van der Waals surface area contributed by atoms with Gasteiger partial charge in [0.05, 0.1) is 19.8 Å². The molecule has 0 aliphatic heterocycles. The van der Waals surface area contributed by atoms with Crippen molar-refractivity contribution in [3.05, 3.63) is 24.8 Å². The number of allylic oxidation sites excluding steroid dienone is 1. The third-order valence-electron chi connectivity index (χ3n) is 3.61. The van der Waals surface area contributed by atoms with Crippen LogP contribution in [0.15, 0.2) is 24.8 Å². The molecule has 6 nitrogen and oxygen atoms in total. The van der Waals surface area contributed by atoms with Gasteiger partial charge in [-0.1, -0.05) is 44.8 Å². The normalized spacial score (nSPS) is 10.2. The van der Waals surface area contributed by atoms with Crippen LogP contribution in [0.1, 0.15) is 58.3 Å². The summed E-state index contributed by atoms with van der Waals surface area (Å²) in [5.41, 5.74) is 0.359. The standard InChI is InChI=1S/C20H35NO5/c1-4-5-6-7-8-9-10-11-12-14-26-20(23)21-13-15-24-16-17-25-19(22)18(2)3/h4H,1-2,5-17H2,3H3,(H,21,23). The number of ether oxygens (including phenoxy) is 3. The van der Waals surface area contributed by atoms with Crippen molar-refractivity contribution in [3.8, 4) is 0 Å². The van der Waals surface area contributed by atoms with Gasteiger partial charge >= 0.3 is 12.1 Å². The summed E-state index contributed by atoms with van der Waals surface area (Å²) < 4.78 is 15.2. The summed E-state index contributed by atoms with van der Waals surface area (Å²) in [6.07, 6.45) is 10.8. The molecule has 0 saturated carbocycles. The van der Waals surface area contributed by atoms with Gasteiger partial charge in [-0.3, -0.25) is 0 Å². The van der Waals surface area contributed by atoms with Gasteiger partial charge in [-0.25, -0.2) is 9.59 Å². The average molecular weight is 370 g/mol. The van der Waals surface area contributed by atoms with E-state index < -0.39 is 12.1 Å². The lowest BCUT2D eigenvalue weighted by Gasteiger charge is -2.08. The van der Waals surface area contributed by atoms with Crippen LogP contribution in [-0.4, -0.2) is 45.0 Å². The van der Waals surface area contributed by atoms with E-state index in [9.17, 15) is 9.59 Å². The Morgan fingerprint density at radius 2 is 1.54 bits per heavy atom. The second-order valence-electron chi connectivity index (χ2n) is 6.14. The van der Waals surface area contributed by atoms with Crippen LogP contribution in [0.4, 0.5) is 4.79 Å². The Kier molecular flexibility index (Phi) is 16.7. The molecule has 0 heterocycles. The van der Waals surface area contributed by atoms with Crippen molar-refractivity contribution >= 4 is 12.1 Å². The van der Waals surface area contributed by atoms with Crippen LogP contribution in [0.3, 0.4) is 0 Å². The van der Waals surface area contributed by atoms with Crippen LogP contribution in [-0.2, 0) is 19.0 Å². The minimum Gasteiger partial charge on any atom is -0.460 e. The van der Waals surface area contributed by atoms with Crippen LogP contribution in [0.2, 0.25) is 0 Å². The molecule has 0 rings (SSSR count). The fourth-order valence-electron chi connectivity index (χ4n) is 2.13. The van der Waals surface area contributed by atoms with Gasteiger partial charge in [0.25, 0.3) is 0 Å². The Bertz CT molecular complexity index is 409. The Morgan fingerprint density at radius 1 is 0.885 bits per heavy atom. The smallest absolute Gasteiger partial charge is 0.407 e. The Hall–Kier alpha value is -1.82. The zero-order valence-corrected chi connectivity index (χ0v) is 16.2. The number of amides is 1. The van der Waals surface area contributed by atoms with Crippen molar-refractivity contribution < 1.29 is 23.8 Å². The highest BCUT2D eigenvalue weighted by Gasteiger charge is 2.03. The molecule has 0 saturated heterocycles. The maximum absolute atomic E-state index is 11.5. The minimum atomic E-state index is -0.428. The fraction of sp³-hybridized carbons (Fsp3) is 0.700. The first-order valence-corrected chi connectivity index (χ1v) is 9.49. The Morgan fingerprint density at radius 3 is 2.19 bits per heavy atom. The molecular formula is C20H35NO5. The SMILES string of the molecule is C=CCCCCCCCCCOC(=O)NCCOCCOC(=O)C(=C)C. The van der Waals surface area contributed by atoms with Gasteiger partial charge in [0.2, 0.25) is 0 Å². The van der Waals surface area contributed by atoms with Gasteiger partial charge in [-0.2, -0.15) is 0 Å². The van der Waals surface area contributed by atoms with E-state index in [0.717, 1.165) is 19.3 Å². The molecule has 0 aliphatic rings. The van der Waals surface area contributed by atoms with Gasteiger partial charge in [-0.05, 0) is 26.2 Å². The van der Waals surface area contributed by atoms with Crippen molar-refractivity contribution in [2.75, 3.05) is 33.0 Å². The zero-order chi connectivity index (χ0) is 19.5. The summed E-state index contributed by atoms with van der Waals surface area (Å²) in [4.78, 5) is 22.6. The number of hydrogen-bond acceptors (Lipinski definition) is 5. The van der Waals surface area contributed by atoms with Crippen LogP contribution in [0, 0.1) is 0 Å². The van der Waals surface area contributed by atoms with Crippen molar-refractivity contribution in [3.63, 3.8) is 0 Å². The summed E-state index contributed by atoms with van der Waals surface area (Å²) in [6.45, 7) is 10.4. The molecule has 0 aromatic rings. The third-order valence-corrected chi connectivity index (χ3v) is 3.61. The molecule has 0 aliphatic carbocycles. The van der Waals surface area contributed by atoms with E-state index in [0.29, 0.717) is 25.3 Å². The molecule has 26 heavy (non-hydrogen) atoms. The molecule has 6 heteroatoms. The van der Waals surface area contributed by atoms with Gasteiger partial charge < -0.3 is 19.5 Å². The number of alkyl carbamates (subject to hydrolysis) is 1. The highest BCUT2D eigenvalue weighted by Crippen LogP contribution is 2.08. The quantitative estimate of drug-likeness (QED) is 0.180. The predicted molar refractivity (Wildman–Crippen MR) is 103 cm³/mol. The molecule has 1 amide bonds. The number of rotatable bonds is 17. The molecule has 0 bridgehead atoms. The maximum Gasteiger partial charge on any atom is 0.407 e. The highest BCUT2D eigenvalue weighted by molar-refractivity contribution is 5.86. The van der Waals surface area contributed by atoms with E-state index in [2.05, 4.69) is 18.5 Å². The third kappa shape index (κ3) is 17.0. The first kappa shape index (κ1) is 24.2. The fourth-order valence-corrected chi connectivity index (χ4v) is 2.13. The molecular weight excluding hydrogens is 334 g/mol. The molecule has 0 spiro atoms. The van der Waals surface area contributed by atoms with Crippen LogP contribution >= 0.6 is 0 Å². The molecule has 150 valence electrons. The lowest BCUT2D eigenvalue weighted by atomic mass is 10.1. The molecule has 0 unspecified atom stereocenters. The summed E-state index contributed by atoms with van der Waals surface area (Å²) in [7, 11) is 0. The van der Waals surface area contributed by atoms with E-state index in [1.165, 1.54) is 32.1 Å². The van der Waals surface area contributed by atoms with E-state index in [1.54, 1.807) is 6.92 Å². The second-order valence-corrected chi connectivity index (χ2v) is 6.14. The van der Waals surface area contributed by atoms with E-state index in [-0.39, 0.29) is 13.2 Å². The van der Waals surface area contributed by atoms with Gasteiger partial charge in [0.1, 0.15) is 6.61 Å². The topological polar surface area (TPSA) is 73.9 Å². The van der Waals surface area contributed by atoms with Crippen molar-refractivity contribution in [2.45, 2.75) is 58.3 Å². The van der Waals surface area contributed by atoms with Gasteiger partial charge in [-0.15, -0.1) is 6.58 Å². The van der Waals surface area contributed by atoms with Crippen molar-refractivity contribution in [1.82, 2.24) is 5.32 Å². The zero-order valence-electron chi connectivity index (χ0n) is 16.2. The number of nitrogens with one attached hydrogen (secondary N) is 1. The molecule has 0 atom stereocenters. The molecule has 0 aromatic heterocycles. The Balaban J connectivity index is 3.26.